The summed E-state index contributed by atoms with van der Waals surface area (Å²) in [5, 5.41) is 4.50. The van der Waals surface area contributed by atoms with Gasteiger partial charge in [-0.1, -0.05) is 0 Å². The topological polar surface area (TPSA) is 71.3 Å². The first kappa shape index (κ1) is 16.0. The average molecular weight is 339 g/mol. The Kier molecular flexibility index (Phi) is 4.09. The molecule has 130 valence electrons. The summed E-state index contributed by atoms with van der Waals surface area (Å²) in [6, 6.07) is 7.09. The predicted octanol–water partition coefficient (Wildman–Crippen LogP) is 0.468. The molecule has 0 bridgehead atoms. The van der Waals surface area contributed by atoms with E-state index in [4.69, 9.17) is 0 Å². The summed E-state index contributed by atoms with van der Waals surface area (Å²) in [5.74, 6) is 0.574. The SMILES string of the molecule is CN1CCC(N2CC(Cn3nc(-c4ccncc4)ccc3=O)C2)C1=O. The lowest BCUT2D eigenvalue weighted by Crippen LogP contribution is -2.56. The quantitative estimate of drug-likeness (QED) is 0.810. The molecule has 7 heteroatoms. The summed E-state index contributed by atoms with van der Waals surface area (Å²) in [7, 11) is 1.85. The van der Waals surface area contributed by atoms with Gasteiger partial charge in [0.15, 0.2) is 0 Å². The van der Waals surface area contributed by atoms with Crippen molar-refractivity contribution < 1.29 is 4.79 Å². The van der Waals surface area contributed by atoms with Crippen LogP contribution in [0, 0.1) is 5.92 Å². The normalized spacial score (nSPS) is 21.6. The van der Waals surface area contributed by atoms with Crippen LogP contribution in [0.3, 0.4) is 0 Å². The van der Waals surface area contributed by atoms with Crippen LogP contribution in [-0.4, -0.2) is 63.2 Å². The highest BCUT2D eigenvalue weighted by Gasteiger charge is 2.40. The number of nitrogens with zero attached hydrogens (tertiary/aromatic N) is 5. The molecule has 2 aliphatic heterocycles. The maximum absolute atomic E-state index is 12.1. The lowest BCUT2D eigenvalue weighted by Gasteiger charge is -2.42. The van der Waals surface area contributed by atoms with E-state index < -0.39 is 0 Å². The Morgan fingerprint density at radius 3 is 2.56 bits per heavy atom. The second-order valence-corrected chi connectivity index (χ2v) is 6.86. The van der Waals surface area contributed by atoms with Crippen LogP contribution in [0.5, 0.6) is 0 Å². The fourth-order valence-electron chi connectivity index (χ4n) is 3.62. The molecule has 7 nitrogen and oxygen atoms in total. The molecule has 2 aromatic rings. The van der Waals surface area contributed by atoms with Crippen molar-refractivity contribution in [2.45, 2.75) is 19.0 Å². The van der Waals surface area contributed by atoms with Gasteiger partial charge in [-0.3, -0.25) is 19.5 Å². The van der Waals surface area contributed by atoms with Crippen LogP contribution in [0.2, 0.25) is 0 Å². The van der Waals surface area contributed by atoms with E-state index in [0.717, 1.165) is 37.3 Å². The second kappa shape index (κ2) is 6.40. The van der Waals surface area contributed by atoms with Gasteiger partial charge in [-0.2, -0.15) is 5.10 Å². The summed E-state index contributed by atoms with van der Waals surface area (Å²) >= 11 is 0. The summed E-state index contributed by atoms with van der Waals surface area (Å²) < 4.78 is 1.54. The van der Waals surface area contributed by atoms with Crippen LogP contribution in [0.25, 0.3) is 11.3 Å². The number of hydrogen-bond acceptors (Lipinski definition) is 5. The number of likely N-dealkylation sites (N-methyl/N-ethyl adjacent to an activating group) is 1. The summed E-state index contributed by atoms with van der Waals surface area (Å²) in [5.41, 5.74) is 1.62. The Morgan fingerprint density at radius 1 is 1.12 bits per heavy atom. The van der Waals surface area contributed by atoms with Crippen LogP contribution in [0.15, 0.2) is 41.5 Å². The second-order valence-electron chi connectivity index (χ2n) is 6.86. The van der Waals surface area contributed by atoms with Crippen molar-refractivity contribution in [1.29, 1.82) is 0 Å². The van der Waals surface area contributed by atoms with E-state index in [1.54, 1.807) is 34.1 Å². The molecule has 1 atom stereocenters. The number of rotatable bonds is 4. The molecule has 2 saturated heterocycles. The van der Waals surface area contributed by atoms with Gasteiger partial charge >= 0.3 is 0 Å². The lowest BCUT2D eigenvalue weighted by molar-refractivity contribution is -0.133. The highest BCUT2D eigenvalue weighted by molar-refractivity contribution is 5.83. The number of likely N-dealkylation sites (tertiary alicyclic amines) is 2. The van der Waals surface area contributed by atoms with Gasteiger partial charge in [0.1, 0.15) is 0 Å². The molecule has 4 rings (SSSR count). The molecule has 25 heavy (non-hydrogen) atoms. The molecule has 4 heterocycles. The van der Waals surface area contributed by atoms with E-state index in [9.17, 15) is 9.59 Å². The monoisotopic (exact) mass is 339 g/mol. The third kappa shape index (κ3) is 3.07. The number of aromatic nitrogens is 3. The molecular weight excluding hydrogens is 318 g/mol. The van der Waals surface area contributed by atoms with Gasteiger partial charge in [-0.25, -0.2) is 4.68 Å². The Hall–Kier alpha value is -2.54. The number of pyridine rings is 1. The number of hydrogen-bond donors (Lipinski definition) is 0. The molecule has 0 N–H and O–H groups in total. The van der Waals surface area contributed by atoms with E-state index in [0.29, 0.717) is 12.5 Å². The summed E-state index contributed by atoms with van der Waals surface area (Å²) in [6.45, 7) is 3.11. The largest absolute Gasteiger partial charge is 0.344 e. The fourth-order valence-corrected chi connectivity index (χ4v) is 3.62. The summed E-state index contributed by atoms with van der Waals surface area (Å²) in [6.07, 6.45) is 4.33. The van der Waals surface area contributed by atoms with Crippen molar-refractivity contribution in [3.05, 3.63) is 47.0 Å². The Labute approximate surface area is 145 Å². The third-order valence-electron chi connectivity index (χ3n) is 5.10. The summed E-state index contributed by atoms with van der Waals surface area (Å²) in [4.78, 5) is 32.2. The van der Waals surface area contributed by atoms with Crippen molar-refractivity contribution in [2.75, 3.05) is 26.7 Å². The highest BCUT2D eigenvalue weighted by atomic mass is 16.2. The van der Waals surface area contributed by atoms with Crippen molar-refractivity contribution in [3.8, 4) is 11.3 Å². The van der Waals surface area contributed by atoms with Crippen LogP contribution < -0.4 is 5.56 Å². The van der Waals surface area contributed by atoms with Gasteiger partial charge in [0.05, 0.1) is 18.3 Å². The average Bonchev–Trinajstić information content (AvgIpc) is 2.92. The molecular formula is C18H21N5O2. The van der Waals surface area contributed by atoms with Gasteiger partial charge in [0, 0.05) is 56.6 Å². The van der Waals surface area contributed by atoms with Crippen LogP contribution in [0.4, 0.5) is 0 Å². The molecule has 0 spiro atoms. The minimum Gasteiger partial charge on any atom is -0.344 e. The highest BCUT2D eigenvalue weighted by Crippen LogP contribution is 2.25. The molecule has 0 aromatic carbocycles. The Balaban J connectivity index is 1.42. The van der Waals surface area contributed by atoms with Crippen molar-refractivity contribution >= 4 is 5.91 Å². The molecule has 0 saturated carbocycles. The zero-order valence-corrected chi connectivity index (χ0v) is 14.2. The standard InChI is InChI=1S/C18H21N5O2/c1-21-9-6-16(18(21)25)22-10-13(11-22)12-23-17(24)3-2-15(20-23)14-4-7-19-8-5-14/h2-5,7-8,13,16H,6,9-12H2,1H3. The zero-order valence-electron chi connectivity index (χ0n) is 14.2. The van der Waals surface area contributed by atoms with E-state index in [-0.39, 0.29) is 17.5 Å². The van der Waals surface area contributed by atoms with Gasteiger partial charge in [-0.05, 0) is 24.6 Å². The van der Waals surface area contributed by atoms with Crippen molar-refractivity contribution in [2.24, 2.45) is 5.92 Å². The first-order chi connectivity index (χ1) is 12.1. The molecule has 1 amide bonds. The molecule has 0 radical (unpaired) electrons. The van der Waals surface area contributed by atoms with E-state index in [1.165, 1.54) is 0 Å². The smallest absolute Gasteiger partial charge is 0.266 e. The number of amides is 1. The lowest BCUT2D eigenvalue weighted by atomic mass is 9.97. The molecule has 1 unspecified atom stereocenters. The third-order valence-corrected chi connectivity index (χ3v) is 5.10. The van der Waals surface area contributed by atoms with Crippen LogP contribution >= 0.6 is 0 Å². The van der Waals surface area contributed by atoms with E-state index in [2.05, 4.69) is 15.0 Å². The van der Waals surface area contributed by atoms with Crippen LogP contribution in [0.1, 0.15) is 6.42 Å². The van der Waals surface area contributed by atoms with E-state index in [1.807, 2.05) is 19.2 Å². The Morgan fingerprint density at radius 2 is 1.88 bits per heavy atom. The number of carbonyl (C=O) groups excluding carboxylic acids is 1. The molecule has 2 aliphatic rings. The van der Waals surface area contributed by atoms with Crippen LogP contribution in [-0.2, 0) is 11.3 Å². The molecule has 2 aromatic heterocycles. The van der Waals surface area contributed by atoms with Crippen molar-refractivity contribution in [3.63, 3.8) is 0 Å². The number of carbonyl (C=O) groups is 1. The minimum atomic E-state index is -0.0899. The fraction of sp³-hybridized carbons (Fsp3) is 0.444. The zero-order chi connectivity index (χ0) is 17.4. The minimum absolute atomic E-state index is 0.0223. The Bertz CT molecular complexity index is 829. The molecule has 2 fully saturated rings. The van der Waals surface area contributed by atoms with Gasteiger partial charge in [-0.15, -0.1) is 0 Å². The van der Waals surface area contributed by atoms with E-state index >= 15 is 0 Å². The predicted molar refractivity (Wildman–Crippen MR) is 92.8 cm³/mol. The molecule has 0 aliphatic carbocycles. The maximum atomic E-state index is 12.1. The first-order valence-corrected chi connectivity index (χ1v) is 8.59. The van der Waals surface area contributed by atoms with Gasteiger partial charge < -0.3 is 4.90 Å². The first-order valence-electron chi connectivity index (χ1n) is 8.59. The maximum Gasteiger partial charge on any atom is 0.266 e. The van der Waals surface area contributed by atoms with Crippen molar-refractivity contribution in [1.82, 2.24) is 24.6 Å². The van der Waals surface area contributed by atoms with Gasteiger partial charge in [0.25, 0.3) is 5.56 Å². The van der Waals surface area contributed by atoms with Gasteiger partial charge in [0.2, 0.25) is 5.91 Å².